The Balaban J connectivity index is 1.45. The van der Waals surface area contributed by atoms with Crippen LogP contribution in [-0.4, -0.2) is 36.3 Å². The van der Waals surface area contributed by atoms with Crippen molar-refractivity contribution in [1.29, 1.82) is 0 Å². The Bertz CT molecular complexity index is 1110. The van der Waals surface area contributed by atoms with Crippen LogP contribution in [0, 0.1) is 0 Å². The van der Waals surface area contributed by atoms with Crippen LogP contribution in [0.4, 0.5) is 0 Å². The van der Waals surface area contributed by atoms with Crippen LogP contribution < -0.4 is 9.46 Å². The first-order valence-electron chi connectivity index (χ1n) is 10.8. The van der Waals surface area contributed by atoms with Crippen LogP contribution in [0.25, 0.3) is 11.4 Å². The van der Waals surface area contributed by atoms with Gasteiger partial charge in [-0.1, -0.05) is 13.0 Å². The number of pyridine rings is 1. The minimum atomic E-state index is -3.59. The molecule has 0 unspecified atom stereocenters. The van der Waals surface area contributed by atoms with E-state index in [9.17, 15) is 8.42 Å². The van der Waals surface area contributed by atoms with Gasteiger partial charge in [-0.25, -0.2) is 13.1 Å². The summed E-state index contributed by atoms with van der Waals surface area (Å²) in [6.45, 7) is 3.39. The molecular formula is C23H28N4O3S. The highest BCUT2D eigenvalue weighted by atomic mass is 32.2. The van der Waals surface area contributed by atoms with Gasteiger partial charge in [0.05, 0.1) is 23.7 Å². The topological polar surface area (TPSA) is 86.1 Å². The molecule has 0 bridgehead atoms. The van der Waals surface area contributed by atoms with Gasteiger partial charge in [0.2, 0.25) is 10.0 Å². The van der Waals surface area contributed by atoms with E-state index in [2.05, 4.69) is 9.71 Å². The molecule has 2 aromatic heterocycles. The van der Waals surface area contributed by atoms with Crippen molar-refractivity contribution >= 4 is 10.0 Å². The Morgan fingerprint density at radius 3 is 2.65 bits per heavy atom. The van der Waals surface area contributed by atoms with Gasteiger partial charge in [-0.05, 0) is 68.5 Å². The van der Waals surface area contributed by atoms with Gasteiger partial charge in [-0.2, -0.15) is 5.10 Å². The second kappa shape index (κ2) is 9.62. The van der Waals surface area contributed by atoms with Crippen molar-refractivity contribution in [2.24, 2.45) is 0 Å². The Labute approximate surface area is 183 Å². The van der Waals surface area contributed by atoms with Crippen molar-refractivity contribution in [1.82, 2.24) is 19.5 Å². The van der Waals surface area contributed by atoms with Gasteiger partial charge in [0.15, 0.2) is 0 Å². The van der Waals surface area contributed by atoms with Crippen molar-refractivity contribution in [3.8, 4) is 17.1 Å². The summed E-state index contributed by atoms with van der Waals surface area (Å²) in [7, 11) is -3.59. The van der Waals surface area contributed by atoms with E-state index >= 15 is 0 Å². The average molecular weight is 441 g/mol. The molecule has 0 spiro atoms. The van der Waals surface area contributed by atoms with E-state index in [0.717, 1.165) is 43.5 Å². The number of hydrogen-bond donors (Lipinski definition) is 1. The maximum absolute atomic E-state index is 12.7. The maximum atomic E-state index is 12.7. The first-order chi connectivity index (χ1) is 15.1. The number of nitrogens with one attached hydrogen (secondary N) is 1. The lowest BCUT2D eigenvalue weighted by molar-refractivity contribution is 0.317. The Morgan fingerprint density at radius 2 is 1.90 bits per heavy atom. The highest BCUT2D eigenvalue weighted by Crippen LogP contribution is 2.30. The number of hydrogen-bond acceptors (Lipinski definition) is 5. The molecule has 0 aliphatic heterocycles. The molecule has 0 atom stereocenters. The minimum absolute atomic E-state index is 0.230. The number of sulfonamides is 1. The standard InChI is InChI=1S/C23H28N4O3S/c1-2-17-30-18-10-12-19(13-11-18)31(28,29)25-15-16-27-22-9-4-3-7-20(22)23(26-27)21-8-5-6-14-24-21/h5-6,8,10-14,25H,2-4,7,9,15-17H2,1H3. The van der Waals surface area contributed by atoms with Crippen molar-refractivity contribution in [2.45, 2.75) is 50.5 Å². The minimum Gasteiger partial charge on any atom is -0.494 e. The lowest BCUT2D eigenvalue weighted by Gasteiger charge is -2.14. The largest absolute Gasteiger partial charge is 0.494 e. The van der Waals surface area contributed by atoms with E-state index in [0.29, 0.717) is 18.9 Å². The number of nitrogens with zero attached hydrogens (tertiary/aromatic N) is 3. The summed E-state index contributed by atoms with van der Waals surface area (Å²) in [6, 6.07) is 12.3. The third-order valence-corrected chi connectivity index (χ3v) is 6.86. The smallest absolute Gasteiger partial charge is 0.240 e. The number of fused-ring (bicyclic) bond motifs is 1. The summed E-state index contributed by atoms with van der Waals surface area (Å²) in [5.41, 5.74) is 4.23. The lowest BCUT2D eigenvalue weighted by Crippen LogP contribution is -2.28. The summed E-state index contributed by atoms with van der Waals surface area (Å²) in [5, 5.41) is 4.80. The first-order valence-corrected chi connectivity index (χ1v) is 12.3. The lowest BCUT2D eigenvalue weighted by atomic mass is 9.95. The van der Waals surface area contributed by atoms with Crippen LogP contribution in [0.2, 0.25) is 0 Å². The van der Waals surface area contributed by atoms with Crippen LogP contribution in [-0.2, 0) is 29.4 Å². The summed E-state index contributed by atoms with van der Waals surface area (Å²) < 4.78 is 35.5. The highest BCUT2D eigenvalue weighted by molar-refractivity contribution is 7.89. The molecule has 0 saturated carbocycles. The third kappa shape index (κ3) is 4.97. The molecule has 7 nitrogen and oxygen atoms in total. The molecule has 4 rings (SSSR count). The summed E-state index contributed by atoms with van der Waals surface area (Å²) in [4.78, 5) is 4.69. The average Bonchev–Trinajstić information content (AvgIpc) is 3.17. The quantitative estimate of drug-likeness (QED) is 0.550. The number of benzene rings is 1. The molecule has 164 valence electrons. The van der Waals surface area contributed by atoms with Gasteiger partial charge in [0.25, 0.3) is 0 Å². The molecule has 31 heavy (non-hydrogen) atoms. The van der Waals surface area contributed by atoms with Gasteiger partial charge < -0.3 is 4.74 Å². The molecule has 0 radical (unpaired) electrons. The fraction of sp³-hybridized carbons (Fsp3) is 0.391. The van der Waals surface area contributed by atoms with Crippen LogP contribution in [0.5, 0.6) is 5.75 Å². The molecule has 1 N–H and O–H groups in total. The van der Waals surface area contributed by atoms with E-state index in [-0.39, 0.29) is 11.4 Å². The van der Waals surface area contributed by atoms with Gasteiger partial charge >= 0.3 is 0 Å². The Kier molecular flexibility index (Phi) is 6.67. The number of rotatable bonds is 9. The normalized spacial score (nSPS) is 13.7. The number of aromatic nitrogens is 3. The molecule has 1 aliphatic carbocycles. The Morgan fingerprint density at radius 1 is 1.10 bits per heavy atom. The van der Waals surface area contributed by atoms with E-state index in [1.165, 1.54) is 11.3 Å². The second-order valence-corrected chi connectivity index (χ2v) is 9.40. The molecule has 0 amide bonds. The van der Waals surface area contributed by atoms with Crippen molar-refractivity contribution < 1.29 is 13.2 Å². The molecule has 0 saturated heterocycles. The fourth-order valence-electron chi connectivity index (χ4n) is 3.87. The van der Waals surface area contributed by atoms with Crippen LogP contribution in [0.3, 0.4) is 0 Å². The third-order valence-electron chi connectivity index (χ3n) is 5.39. The fourth-order valence-corrected chi connectivity index (χ4v) is 4.89. The predicted molar refractivity (Wildman–Crippen MR) is 120 cm³/mol. The molecule has 1 aromatic carbocycles. The Hall–Kier alpha value is -2.71. The summed E-state index contributed by atoms with van der Waals surface area (Å²) >= 11 is 0. The zero-order valence-corrected chi connectivity index (χ0v) is 18.6. The molecular weight excluding hydrogens is 412 g/mol. The van der Waals surface area contributed by atoms with E-state index in [4.69, 9.17) is 9.84 Å². The van der Waals surface area contributed by atoms with Crippen molar-refractivity contribution in [3.63, 3.8) is 0 Å². The van der Waals surface area contributed by atoms with E-state index in [1.807, 2.05) is 29.8 Å². The van der Waals surface area contributed by atoms with Gasteiger partial charge in [0.1, 0.15) is 11.4 Å². The predicted octanol–water partition coefficient (Wildman–Crippen LogP) is 3.59. The summed E-state index contributed by atoms with van der Waals surface area (Å²) in [6.07, 6.45) is 6.89. The van der Waals surface area contributed by atoms with Crippen LogP contribution >= 0.6 is 0 Å². The van der Waals surface area contributed by atoms with Crippen LogP contribution in [0.15, 0.2) is 53.6 Å². The molecule has 1 aliphatic rings. The van der Waals surface area contributed by atoms with E-state index < -0.39 is 10.0 Å². The maximum Gasteiger partial charge on any atom is 0.240 e. The highest BCUT2D eigenvalue weighted by Gasteiger charge is 2.22. The van der Waals surface area contributed by atoms with Gasteiger partial charge in [0, 0.05) is 24.0 Å². The monoisotopic (exact) mass is 440 g/mol. The first kappa shape index (κ1) is 21.5. The second-order valence-electron chi connectivity index (χ2n) is 7.64. The zero-order valence-electron chi connectivity index (χ0n) is 17.8. The van der Waals surface area contributed by atoms with Crippen LogP contribution in [0.1, 0.15) is 37.4 Å². The SMILES string of the molecule is CCCOc1ccc(S(=O)(=O)NCCn2nc(-c3ccccn3)c3c2CCCC3)cc1. The van der Waals surface area contributed by atoms with Gasteiger partial charge in [-0.15, -0.1) is 0 Å². The van der Waals surface area contributed by atoms with Crippen molar-refractivity contribution in [3.05, 3.63) is 59.9 Å². The molecule has 3 aromatic rings. The molecule has 0 fully saturated rings. The molecule has 2 heterocycles. The zero-order chi connectivity index (χ0) is 21.7. The number of ether oxygens (including phenoxy) is 1. The van der Waals surface area contributed by atoms with Crippen molar-refractivity contribution in [2.75, 3.05) is 13.2 Å². The molecule has 8 heteroatoms. The van der Waals surface area contributed by atoms with Gasteiger partial charge in [-0.3, -0.25) is 9.67 Å². The summed E-state index contributed by atoms with van der Waals surface area (Å²) in [5.74, 6) is 0.672. The van der Waals surface area contributed by atoms with E-state index in [1.54, 1.807) is 30.5 Å².